The smallest absolute Gasteiger partial charge is 0.265 e. The quantitative estimate of drug-likeness (QED) is 0.271. The van der Waals surface area contributed by atoms with Gasteiger partial charge in [0.05, 0.1) is 23.9 Å². The van der Waals surface area contributed by atoms with Crippen molar-refractivity contribution in [3.63, 3.8) is 0 Å². The molecule has 1 fully saturated rings. The number of pyridine rings is 1. The number of benzene rings is 3. The van der Waals surface area contributed by atoms with Gasteiger partial charge in [0.1, 0.15) is 10.3 Å². The minimum absolute atomic E-state index is 0.00280. The lowest BCUT2D eigenvalue weighted by molar-refractivity contribution is 0.0937. The number of likely N-dealkylation sites (tertiary alicyclic amines) is 1. The number of carbonyl (C=O) groups is 2. The van der Waals surface area contributed by atoms with Crippen LogP contribution in [-0.2, 0) is 13.1 Å². The summed E-state index contributed by atoms with van der Waals surface area (Å²) < 4.78 is 7.87. The number of ketones is 1. The third kappa shape index (κ3) is 4.92. The molecule has 5 aromatic rings. The van der Waals surface area contributed by atoms with Crippen molar-refractivity contribution >= 4 is 44.0 Å². The number of ether oxygens (including phenoxy) is 1. The van der Waals surface area contributed by atoms with E-state index in [0.29, 0.717) is 26.0 Å². The summed E-state index contributed by atoms with van der Waals surface area (Å²) in [5.74, 6) is -0.158. The third-order valence-electron chi connectivity index (χ3n) is 7.43. The van der Waals surface area contributed by atoms with Crippen molar-refractivity contribution in [1.29, 1.82) is 0 Å². The summed E-state index contributed by atoms with van der Waals surface area (Å²) in [5.41, 5.74) is 2.08. The van der Waals surface area contributed by atoms with Crippen LogP contribution >= 0.6 is 11.3 Å². The van der Waals surface area contributed by atoms with E-state index in [1.165, 1.54) is 28.6 Å². The number of aromatic nitrogens is 1. The first-order valence-corrected chi connectivity index (χ1v) is 14.1. The molecule has 3 heterocycles. The molecule has 1 N–H and O–H groups in total. The highest BCUT2D eigenvalue weighted by atomic mass is 32.1. The fourth-order valence-electron chi connectivity index (χ4n) is 5.49. The molecule has 0 bridgehead atoms. The lowest BCUT2D eigenvalue weighted by atomic mass is 10.1. The van der Waals surface area contributed by atoms with Crippen LogP contribution < -0.4 is 15.6 Å². The predicted molar refractivity (Wildman–Crippen MR) is 159 cm³/mol. The highest BCUT2D eigenvalue weighted by Crippen LogP contribution is 2.39. The molecule has 1 aliphatic rings. The first-order valence-electron chi connectivity index (χ1n) is 13.3. The molecule has 1 aliphatic heterocycles. The molecule has 202 valence electrons. The summed E-state index contributed by atoms with van der Waals surface area (Å²) >= 11 is 1.26. The Morgan fingerprint density at radius 1 is 0.975 bits per heavy atom. The highest BCUT2D eigenvalue weighted by Gasteiger charge is 2.29. The number of para-hydroxylation sites is 1. The zero-order valence-corrected chi connectivity index (χ0v) is 22.9. The van der Waals surface area contributed by atoms with Crippen LogP contribution in [0.1, 0.15) is 32.0 Å². The van der Waals surface area contributed by atoms with Gasteiger partial charge in [0, 0.05) is 36.6 Å². The number of fused-ring (bicyclic) bond motifs is 3. The number of hydrogen-bond acceptors (Lipinski definition) is 6. The molecule has 8 heteroatoms. The molecule has 1 amide bonds. The zero-order valence-electron chi connectivity index (χ0n) is 22.1. The van der Waals surface area contributed by atoms with Crippen molar-refractivity contribution in [2.45, 2.75) is 25.6 Å². The van der Waals surface area contributed by atoms with Crippen LogP contribution in [0.2, 0.25) is 0 Å². The number of thiophene rings is 1. The van der Waals surface area contributed by atoms with Gasteiger partial charge in [-0.2, -0.15) is 0 Å². The third-order valence-corrected chi connectivity index (χ3v) is 8.63. The minimum Gasteiger partial charge on any atom is -0.494 e. The number of hydrogen-bond donors (Lipinski definition) is 1. The molecular formula is C32H29N3O4S. The van der Waals surface area contributed by atoms with Gasteiger partial charge in [-0.05, 0) is 18.1 Å². The lowest BCUT2D eigenvalue weighted by Crippen LogP contribution is -2.36. The van der Waals surface area contributed by atoms with Crippen LogP contribution in [0.15, 0.2) is 89.7 Å². The number of nitrogens with zero attached hydrogens (tertiary/aromatic N) is 2. The SMILES string of the molecule is COc1c(C(=O)NC2CCN(Cc3ccccc3)C2)sc2c1c(=O)n(CC(=O)c1ccccc1)c1ccccc21. The fraction of sp³-hybridized carbons (Fsp3) is 0.219. The second-order valence-corrected chi connectivity index (χ2v) is 11.1. The van der Waals surface area contributed by atoms with Gasteiger partial charge in [0.2, 0.25) is 0 Å². The maximum absolute atomic E-state index is 13.9. The van der Waals surface area contributed by atoms with E-state index in [1.54, 1.807) is 24.3 Å². The Bertz CT molecular complexity index is 1760. The van der Waals surface area contributed by atoms with E-state index in [0.717, 1.165) is 31.4 Å². The highest BCUT2D eigenvalue weighted by molar-refractivity contribution is 7.22. The molecule has 40 heavy (non-hydrogen) atoms. The average molecular weight is 552 g/mol. The molecule has 0 saturated carbocycles. The Morgan fingerprint density at radius 3 is 2.42 bits per heavy atom. The van der Waals surface area contributed by atoms with Crippen molar-refractivity contribution < 1.29 is 14.3 Å². The second kappa shape index (κ2) is 11.1. The van der Waals surface area contributed by atoms with Crippen LogP contribution in [0, 0.1) is 0 Å². The first-order chi connectivity index (χ1) is 19.5. The van der Waals surface area contributed by atoms with Gasteiger partial charge in [0.25, 0.3) is 11.5 Å². The number of Topliss-reactive ketones (excluding diaryl/α,β-unsaturated/α-hetero) is 1. The van der Waals surface area contributed by atoms with Gasteiger partial charge in [-0.1, -0.05) is 78.9 Å². The summed E-state index contributed by atoms with van der Waals surface area (Å²) in [6, 6.07) is 26.7. The first kappa shape index (κ1) is 26.0. The number of nitrogens with one attached hydrogen (secondary N) is 1. The maximum atomic E-state index is 13.9. The Kier molecular flexibility index (Phi) is 7.19. The molecule has 1 saturated heterocycles. The normalized spacial score (nSPS) is 15.5. The number of carbonyl (C=O) groups excluding carboxylic acids is 2. The molecule has 0 spiro atoms. The molecule has 1 atom stereocenters. The largest absolute Gasteiger partial charge is 0.494 e. The standard InChI is InChI=1S/C32H29N3O4S/c1-39-28-27-29(40-30(28)31(37)33-23-16-17-34(19-23)18-21-10-4-2-5-11-21)24-14-8-9-15-25(24)35(32(27)38)20-26(36)22-12-6-3-7-13-22/h2-15,23H,16-20H2,1H3,(H,33,37). The van der Waals surface area contributed by atoms with Crippen LogP contribution in [0.25, 0.3) is 21.0 Å². The van der Waals surface area contributed by atoms with E-state index < -0.39 is 0 Å². The molecule has 0 radical (unpaired) electrons. The Morgan fingerprint density at radius 2 is 1.68 bits per heavy atom. The zero-order chi connectivity index (χ0) is 27.6. The van der Waals surface area contributed by atoms with Gasteiger partial charge in [-0.25, -0.2) is 0 Å². The van der Waals surface area contributed by atoms with E-state index in [2.05, 4.69) is 22.3 Å². The molecule has 1 unspecified atom stereocenters. The summed E-state index contributed by atoms with van der Waals surface area (Å²) in [7, 11) is 1.48. The summed E-state index contributed by atoms with van der Waals surface area (Å²) in [4.78, 5) is 43.2. The molecule has 2 aromatic heterocycles. The van der Waals surface area contributed by atoms with Gasteiger partial charge < -0.3 is 10.1 Å². The van der Waals surface area contributed by atoms with E-state index in [-0.39, 0.29) is 35.6 Å². The van der Waals surface area contributed by atoms with Crippen LogP contribution in [-0.4, -0.2) is 47.4 Å². The van der Waals surface area contributed by atoms with Crippen LogP contribution in [0.5, 0.6) is 5.75 Å². The molecule has 0 aliphatic carbocycles. The van der Waals surface area contributed by atoms with Gasteiger partial charge in [-0.15, -0.1) is 11.3 Å². The fourth-order valence-corrected chi connectivity index (χ4v) is 6.69. The van der Waals surface area contributed by atoms with E-state index in [9.17, 15) is 14.4 Å². The second-order valence-electron chi connectivity index (χ2n) is 10.0. The monoisotopic (exact) mass is 551 g/mol. The summed E-state index contributed by atoms with van der Waals surface area (Å²) in [6.07, 6.45) is 0.850. The van der Waals surface area contributed by atoms with Crippen molar-refractivity contribution in [1.82, 2.24) is 14.8 Å². The molecule has 3 aromatic carbocycles. The Labute approximate surface area is 235 Å². The Hall–Kier alpha value is -4.27. The topological polar surface area (TPSA) is 80.6 Å². The van der Waals surface area contributed by atoms with E-state index in [1.807, 2.05) is 48.5 Å². The minimum atomic E-state index is -0.347. The van der Waals surface area contributed by atoms with Gasteiger partial charge in [-0.3, -0.25) is 23.9 Å². The van der Waals surface area contributed by atoms with E-state index >= 15 is 0 Å². The lowest BCUT2D eigenvalue weighted by Gasteiger charge is -2.16. The number of methoxy groups -OCH3 is 1. The maximum Gasteiger partial charge on any atom is 0.265 e. The van der Waals surface area contributed by atoms with Crippen molar-refractivity contribution in [3.05, 3.63) is 111 Å². The van der Waals surface area contributed by atoms with Crippen LogP contribution in [0.4, 0.5) is 0 Å². The summed E-state index contributed by atoms with van der Waals surface area (Å²) in [5, 5.41) is 4.30. The number of amides is 1. The molecular weight excluding hydrogens is 522 g/mol. The van der Waals surface area contributed by atoms with E-state index in [4.69, 9.17) is 4.74 Å². The van der Waals surface area contributed by atoms with Crippen molar-refractivity contribution in [2.75, 3.05) is 20.2 Å². The predicted octanol–water partition coefficient (Wildman–Crippen LogP) is 5.11. The molecule has 7 nitrogen and oxygen atoms in total. The van der Waals surface area contributed by atoms with Crippen molar-refractivity contribution in [2.24, 2.45) is 0 Å². The number of rotatable bonds is 8. The average Bonchev–Trinajstić information content (AvgIpc) is 3.60. The van der Waals surface area contributed by atoms with Crippen LogP contribution in [0.3, 0.4) is 0 Å². The van der Waals surface area contributed by atoms with Crippen molar-refractivity contribution in [3.8, 4) is 5.75 Å². The summed E-state index contributed by atoms with van der Waals surface area (Å²) in [6.45, 7) is 2.38. The van der Waals surface area contributed by atoms with Gasteiger partial charge >= 0.3 is 0 Å². The Balaban J connectivity index is 1.32. The van der Waals surface area contributed by atoms with Gasteiger partial charge in [0.15, 0.2) is 11.5 Å². The molecule has 6 rings (SSSR count).